The Morgan fingerprint density at radius 3 is 2.41 bits per heavy atom. The Morgan fingerprint density at radius 2 is 1.82 bits per heavy atom. The maximum atomic E-state index is 11.1. The van der Waals surface area contributed by atoms with Crippen LogP contribution in [0.4, 0.5) is 0 Å². The van der Waals surface area contributed by atoms with E-state index in [9.17, 15) is 4.79 Å². The van der Waals surface area contributed by atoms with E-state index in [-0.39, 0.29) is 5.69 Å². The van der Waals surface area contributed by atoms with E-state index in [0.717, 1.165) is 16.7 Å². The average Bonchev–Trinajstić information content (AvgIpc) is 2.27. The smallest absolute Gasteiger partial charge is 0.355 e. The van der Waals surface area contributed by atoms with Gasteiger partial charge in [0.1, 0.15) is 0 Å². The van der Waals surface area contributed by atoms with Gasteiger partial charge < -0.3 is 5.11 Å². The van der Waals surface area contributed by atoms with Crippen LogP contribution in [0.15, 0.2) is 36.5 Å². The van der Waals surface area contributed by atoms with Crippen molar-refractivity contribution in [3.8, 4) is 11.1 Å². The monoisotopic (exact) mass is 227 g/mol. The number of pyridine rings is 1. The Morgan fingerprint density at radius 1 is 1.18 bits per heavy atom. The van der Waals surface area contributed by atoms with Crippen molar-refractivity contribution in [3.63, 3.8) is 0 Å². The maximum absolute atomic E-state index is 11.1. The highest BCUT2D eigenvalue weighted by Gasteiger charge is 2.12. The van der Waals surface area contributed by atoms with Crippen molar-refractivity contribution in [1.29, 1.82) is 0 Å². The Labute approximate surface area is 99.8 Å². The van der Waals surface area contributed by atoms with Crippen LogP contribution in [0.1, 0.15) is 21.6 Å². The number of nitrogens with zero attached hydrogens (tertiary/aromatic N) is 1. The van der Waals surface area contributed by atoms with Crippen LogP contribution >= 0.6 is 0 Å². The lowest BCUT2D eigenvalue weighted by Crippen LogP contribution is -2.02. The molecule has 86 valence electrons. The molecule has 3 heteroatoms. The Kier molecular flexibility index (Phi) is 2.91. The highest BCUT2D eigenvalue weighted by atomic mass is 16.4. The van der Waals surface area contributed by atoms with Gasteiger partial charge in [-0.3, -0.25) is 0 Å². The number of aromatic carboxylic acids is 1. The molecule has 0 spiro atoms. The topological polar surface area (TPSA) is 50.2 Å². The molecule has 1 heterocycles. The lowest BCUT2D eigenvalue weighted by atomic mass is 9.99. The maximum Gasteiger partial charge on any atom is 0.355 e. The first kappa shape index (κ1) is 11.3. The molecule has 0 aliphatic carbocycles. The van der Waals surface area contributed by atoms with E-state index in [1.807, 2.05) is 26.0 Å². The molecule has 0 saturated heterocycles. The highest BCUT2D eigenvalue weighted by molar-refractivity contribution is 5.93. The average molecular weight is 227 g/mol. The Hall–Kier alpha value is -2.16. The SMILES string of the molecule is Cc1cc(C)cc(-c2cccnc2C(=O)O)c1. The van der Waals surface area contributed by atoms with Crippen molar-refractivity contribution < 1.29 is 9.90 Å². The summed E-state index contributed by atoms with van der Waals surface area (Å²) in [5.41, 5.74) is 3.87. The number of rotatable bonds is 2. The summed E-state index contributed by atoms with van der Waals surface area (Å²) >= 11 is 0. The normalized spacial score (nSPS) is 10.2. The van der Waals surface area contributed by atoms with Crippen molar-refractivity contribution >= 4 is 5.97 Å². The van der Waals surface area contributed by atoms with Crippen LogP contribution in [0.5, 0.6) is 0 Å². The lowest BCUT2D eigenvalue weighted by Gasteiger charge is -2.07. The van der Waals surface area contributed by atoms with Crippen LogP contribution < -0.4 is 0 Å². The number of benzene rings is 1. The third kappa shape index (κ3) is 2.33. The molecule has 3 nitrogen and oxygen atoms in total. The second-order valence-corrected chi connectivity index (χ2v) is 4.08. The van der Waals surface area contributed by atoms with E-state index in [4.69, 9.17) is 5.11 Å². The third-order valence-corrected chi connectivity index (χ3v) is 2.54. The van der Waals surface area contributed by atoms with Gasteiger partial charge in [-0.2, -0.15) is 0 Å². The van der Waals surface area contributed by atoms with Crippen molar-refractivity contribution in [2.75, 3.05) is 0 Å². The first-order valence-electron chi connectivity index (χ1n) is 5.35. The molecule has 0 atom stereocenters. The molecule has 0 saturated carbocycles. The second kappa shape index (κ2) is 4.37. The molecule has 17 heavy (non-hydrogen) atoms. The van der Waals surface area contributed by atoms with Gasteiger partial charge in [0.2, 0.25) is 0 Å². The standard InChI is InChI=1S/C14H13NO2/c1-9-6-10(2)8-11(7-9)12-4-3-5-15-13(12)14(16)17/h3-8H,1-2H3,(H,16,17). The van der Waals surface area contributed by atoms with Crippen molar-refractivity contribution in [1.82, 2.24) is 4.98 Å². The van der Waals surface area contributed by atoms with Crippen LogP contribution in [0, 0.1) is 13.8 Å². The minimum atomic E-state index is -1.00. The lowest BCUT2D eigenvalue weighted by molar-refractivity contribution is 0.0691. The fourth-order valence-corrected chi connectivity index (χ4v) is 1.94. The highest BCUT2D eigenvalue weighted by Crippen LogP contribution is 2.24. The van der Waals surface area contributed by atoms with Gasteiger partial charge in [0.05, 0.1) is 0 Å². The largest absolute Gasteiger partial charge is 0.476 e. The summed E-state index contributed by atoms with van der Waals surface area (Å²) in [4.78, 5) is 15.0. The Balaban J connectivity index is 2.64. The predicted octanol–water partition coefficient (Wildman–Crippen LogP) is 3.06. The number of carboxylic acid groups (broad SMARTS) is 1. The van der Waals surface area contributed by atoms with Crippen LogP contribution in [-0.4, -0.2) is 16.1 Å². The van der Waals surface area contributed by atoms with Crippen LogP contribution in [0.3, 0.4) is 0 Å². The molecule has 2 rings (SSSR count). The minimum absolute atomic E-state index is 0.0949. The number of aromatic nitrogens is 1. The third-order valence-electron chi connectivity index (χ3n) is 2.54. The van der Waals surface area contributed by atoms with E-state index in [1.165, 1.54) is 6.20 Å². The molecule has 0 unspecified atom stereocenters. The quantitative estimate of drug-likeness (QED) is 0.857. The molecule has 2 aromatic rings. The summed E-state index contributed by atoms with van der Waals surface area (Å²) in [5, 5.41) is 9.10. The summed E-state index contributed by atoms with van der Waals surface area (Å²) < 4.78 is 0. The summed E-state index contributed by atoms with van der Waals surface area (Å²) in [5.74, 6) is -1.00. The van der Waals surface area contributed by atoms with Gasteiger partial charge >= 0.3 is 5.97 Å². The molecule has 0 fully saturated rings. The molecule has 1 N–H and O–H groups in total. The molecule has 0 bridgehead atoms. The molecule has 0 aliphatic rings. The van der Waals surface area contributed by atoms with Gasteiger partial charge in [-0.05, 0) is 25.5 Å². The van der Waals surface area contributed by atoms with Crippen LogP contribution in [0.2, 0.25) is 0 Å². The van der Waals surface area contributed by atoms with Crippen LogP contribution in [0.25, 0.3) is 11.1 Å². The van der Waals surface area contributed by atoms with Crippen molar-refractivity contribution in [2.45, 2.75) is 13.8 Å². The van der Waals surface area contributed by atoms with E-state index in [1.54, 1.807) is 12.1 Å². The summed E-state index contributed by atoms with van der Waals surface area (Å²) in [6.45, 7) is 3.99. The number of carbonyl (C=O) groups is 1. The zero-order chi connectivity index (χ0) is 12.4. The molecular weight excluding hydrogens is 214 g/mol. The van der Waals surface area contributed by atoms with Crippen LogP contribution in [-0.2, 0) is 0 Å². The zero-order valence-electron chi connectivity index (χ0n) is 9.77. The molecule has 1 aromatic heterocycles. The second-order valence-electron chi connectivity index (χ2n) is 4.08. The van der Waals surface area contributed by atoms with Crippen molar-refractivity contribution in [2.24, 2.45) is 0 Å². The summed E-state index contributed by atoms with van der Waals surface area (Å²) in [6, 6.07) is 9.53. The Bertz CT molecular complexity index is 556. The van der Waals surface area contributed by atoms with E-state index in [0.29, 0.717) is 5.56 Å². The number of hydrogen-bond donors (Lipinski definition) is 1. The zero-order valence-corrected chi connectivity index (χ0v) is 9.77. The van der Waals surface area contributed by atoms with E-state index >= 15 is 0 Å². The molecular formula is C14H13NO2. The van der Waals surface area contributed by atoms with E-state index in [2.05, 4.69) is 11.1 Å². The van der Waals surface area contributed by atoms with Gasteiger partial charge in [0, 0.05) is 11.8 Å². The number of hydrogen-bond acceptors (Lipinski definition) is 2. The molecule has 1 aromatic carbocycles. The minimum Gasteiger partial charge on any atom is -0.476 e. The predicted molar refractivity (Wildman–Crippen MR) is 66.1 cm³/mol. The molecule has 0 aliphatic heterocycles. The first-order chi connectivity index (χ1) is 8.08. The first-order valence-corrected chi connectivity index (χ1v) is 5.35. The van der Waals surface area contributed by atoms with E-state index < -0.39 is 5.97 Å². The molecule has 0 amide bonds. The van der Waals surface area contributed by atoms with Gasteiger partial charge in [-0.25, -0.2) is 9.78 Å². The summed E-state index contributed by atoms with van der Waals surface area (Å²) in [6.07, 6.45) is 1.50. The fraction of sp³-hybridized carbons (Fsp3) is 0.143. The number of aryl methyl sites for hydroxylation is 2. The van der Waals surface area contributed by atoms with Gasteiger partial charge in [-0.15, -0.1) is 0 Å². The summed E-state index contributed by atoms with van der Waals surface area (Å²) in [7, 11) is 0. The van der Waals surface area contributed by atoms with Crippen molar-refractivity contribution in [3.05, 3.63) is 53.3 Å². The van der Waals surface area contributed by atoms with Gasteiger partial charge in [-0.1, -0.05) is 35.4 Å². The fourth-order valence-electron chi connectivity index (χ4n) is 1.94. The van der Waals surface area contributed by atoms with Gasteiger partial charge in [0.25, 0.3) is 0 Å². The molecule has 0 radical (unpaired) electrons. The van der Waals surface area contributed by atoms with Gasteiger partial charge in [0.15, 0.2) is 5.69 Å². The number of carboxylic acids is 1.